The molecule has 1 N–H and O–H groups in total. The molecule has 0 radical (unpaired) electrons. The number of nitrogens with zero attached hydrogens (tertiary/aromatic N) is 3. The highest BCUT2D eigenvalue weighted by atomic mass is 15.3. The predicted octanol–water partition coefficient (Wildman–Crippen LogP) is 1.75. The minimum Gasteiger partial charge on any atom is -0.351 e. The van der Waals surface area contributed by atoms with Gasteiger partial charge in [0.15, 0.2) is 5.82 Å². The first kappa shape index (κ1) is 12.3. The zero-order chi connectivity index (χ0) is 12.3. The molecule has 17 heavy (non-hydrogen) atoms. The van der Waals surface area contributed by atoms with Gasteiger partial charge in [0.1, 0.15) is 0 Å². The van der Waals surface area contributed by atoms with E-state index >= 15 is 0 Å². The monoisotopic (exact) mass is 234 g/mol. The molecule has 1 aliphatic rings. The van der Waals surface area contributed by atoms with E-state index in [2.05, 4.69) is 47.3 Å². The highest BCUT2D eigenvalue weighted by molar-refractivity contribution is 5.40. The third kappa shape index (κ3) is 3.16. The van der Waals surface area contributed by atoms with Gasteiger partial charge in [-0.3, -0.25) is 0 Å². The van der Waals surface area contributed by atoms with Crippen molar-refractivity contribution in [3.8, 4) is 0 Å². The first-order chi connectivity index (χ1) is 8.16. The SMILES string of the molecule is Cc1cnnc(N(CC2CCCN2)C(C)C)c1. The van der Waals surface area contributed by atoms with Crippen LogP contribution < -0.4 is 10.2 Å². The standard InChI is InChI=1S/C13H22N4/c1-10(2)17(9-12-5-4-6-14-12)13-7-11(3)8-15-16-13/h7-8,10,12,14H,4-6,9H2,1-3H3. The molecule has 4 nitrogen and oxygen atoms in total. The van der Waals surface area contributed by atoms with Gasteiger partial charge in [-0.1, -0.05) is 0 Å². The third-order valence-electron chi connectivity index (χ3n) is 3.28. The van der Waals surface area contributed by atoms with Gasteiger partial charge in [-0.15, -0.1) is 5.10 Å². The van der Waals surface area contributed by atoms with Crippen LogP contribution >= 0.6 is 0 Å². The molecule has 0 aromatic carbocycles. The summed E-state index contributed by atoms with van der Waals surface area (Å²) < 4.78 is 0. The van der Waals surface area contributed by atoms with E-state index in [-0.39, 0.29) is 0 Å². The summed E-state index contributed by atoms with van der Waals surface area (Å²) in [5, 5.41) is 11.8. The van der Waals surface area contributed by atoms with Crippen LogP contribution in [0.1, 0.15) is 32.3 Å². The molecule has 0 saturated carbocycles. The number of nitrogens with one attached hydrogen (secondary N) is 1. The molecule has 1 aromatic rings. The summed E-state index contributed by atoms with van der Waals surface area (Å²) >= 11 is 0. The second-order valence-corrected chi connectivity index (χ2v) is 5.13. The Bertz CT molecular complexity index is 358. The van der Waals surface area contributed by atoms with Crippen molar-refractivity contribution in [3.63, 3.8) is 0 Å². The van der Waals surface area contributed by atoms with Gasteiger partial charge in [-0.05, 0) is 51.8 Å². The molecule has 2 heterocycles. The lowest BCUT2D eigenvalue weighted by Crippen LogP contribution is -2.41. The summed E-state index contributed by atoms with van der Waals surface area (Å²) in [7, 11) is 0. The van der Waals surface area contributed by atoms with Crippen molar-refractivity contribution >= 4 is 5.82 Å². The molecular formula is C13H22N4. The van der Waals surface area contributed by atoms with Crippen molar-refractivity contribution < 1.29 is 0 Å². The Morgan fingerprint density at radius 3 is 2.94 bits per heavy atom. The number of anilines is 1. The van der Waals surface area contributed by atoms with Crippen LogP contribution in [0.15, 0.2) is 12.3 Å². The molecule has 4 heteroatoms. The van der Waals surface area contributed by atoms with Gasteiger partial charge in [-0.2, -0.15) is 5.10 Å². The highest BCUT2D eigenvalue weighted by Gasteiger charge is 2.20. The second kappa shape index (κ2) is 5.45. The lowest BCUT2D eigenvalue weighted by molar-refractivity contribution is 0.547. The number of aromatic nitrogens is 2. The normalized spacial score (nSPS) is 19.9. The third-order valence-corrected chi connectivity index (χ3v) is 3.28. The first-order valence-electron chi connectivity index (χ1n) is 6.46. The van der Waals surface area contributed by atoms with Crippen LogP contribution in [0.5, 0.6) is 0 Å². The van der Waals surface area contributed by atoms with E-state index < -0.39 is 0 Å². The van der Waals surface area contributed by atoms with Crippen LogP contribution in [0.4, 0.5) is 5.82 Å². The molecule has 1 aromatic heterocycles. The van der Waals surface area contributed by atoms with Gasteiger partial charge in [0, 0.05) is 18.6 Å². The molecule has 1 atom stereocenters. The largest absolute Gasteiger partial charge is 0.351 e. The molecule has 1 fully saturated rings. The minimum atomic E-state index is 0.452. The molecular weight excluding hydrogens is 212 g/mol. The van der Waals surface area contributed by atoms with Crippen molar-refractivity contribution in [2.75, 3.05) is 18.0 Å². The van der Waals surface area contributed by atoms with E-state index in [0.29, 0.717) is 12.1 Å². The maximum Gasteiger partial charge on any atom is 0.151 e. The number of hydrogen-bond acceptors (Lipinski definition) is 4. The molecule has 1 saturated heterocycles. The van der Waals surface area contributed by atoms with E-state index in [1.807, 2.05) is 0 Å². The van der Waals surface area contributed by atoms with Crippen LogP contribution in [0.25, 0.3) is 0 Å². The summed E-state index contributed by atoms with van der Waals surface area (Å²) in [6, 6.07) is 3.16. The maximum absolute atomic E-state index is 4.25. The van der Waals surface area contributed by atoms with Crippen molar-refractivity contribution in [1.82, 2.24) is 15.5 Å². The van der Waals surface area contributed by atoms with Crippen LogP contribution in [0, 0.1) is 6.92 Å². The zero-order valence-corrected chi connectivity index (χ0v) is 11.0. The number of aryl methyl sites for hydroxylation is 1. The maximum atomic E-state index is 4.25. The Labute approximate surface area is 103 Å². The summed E-state index contributed by atoms with van der Waals surface area (Å²) in [6.07, 6.45) is 4.36. The molecule has 0 amide bonds. The summed E-state index contributed by atoms with van der Waals surface area (Å²) in [4.78, 5) is 2.34. The Morgan fingerprint density at radius 1 is 1.53 bits per heavy atom. The van der Waals surface area contributed by atoms with Gasteiger partial charge in [0.25, 0.3) is 0 Å². The van der Waals surface area contributed by atoms with E-state index in [4.69, 9.17) is 0 Å². The predicted molar refractivity (Wildman–Crippen MR) is 70.3 cm³/mol. The van der Waals surface area contributed by atoms with Crippen LogP contribution in [0.2, 0.25) is 0 Å². The van der Waals surface area contributed by atoms with E-state index in [0.717, 1.165) is 18.9 Å². The quantitative estimate of drug-likeness (QED) is 0.861. The molecule has 1 unspecified atom stereocenters. The average Bonchev–Trinajstić information content (AvgIpc) is 2.78. The van der Waals surface area contributed by atoms with Crippen molar-refractivity contribution in [2.45, 2.75) is 45.7 Å². The molecule has 1 aliphatic heterocycles. The van der Waals surface area contributed by atoms with Gasteiger partial charge in [-0.25, -0.2) is 0 Å². The van der Waals surface area contributed by atoms with Crippen molar-refractivity contribution in [2.24, 2.45) is 0 Å². The van der Waals surface area contributed by atoms with Crippen molar-refractivity contribution in [3.05, 3.63) is 17.8 Å². The van der Waals surface area contributed by atoms with Crippen LogP contribution in [-0.4, -0.2) is 35.4 Å². The fraction of sp³-hybridized carbons (Fsp3) is 0.692. The van der Waals surface area contributed by atoms with Crippen LogP contribution in [-0.2, 0) is 0 Å². The number of rotatable bonds is 4. The van der Waals surface area contributed by atoms with Gasteiger partial charge in [0.05, 0.1) is 6.20 Å². The summed E-state index contributed by atoms with van der Waals surface area (Å²) in [5.74, 6) is 0.994. The Morgan fingerprint density at radius 2 is 2.35 bits per heavy atom. The Hall–Kier alpha value is -1.16. The zero-order valence-electron chi connectivity index (χ0n) is 11.0. The van der Waals surface area contributed by atoms with E-state index in [1.54, 1.807) is 6.20 Å². The fourth-order valence-electron chi connectivity index (χ4n) is 2.31. The first-order valence-corrected chi connectivity index (χ1v) is 6.46. The lowest BCUT2D eigenvalue weighted by atomic mass is 10.2. The fourth-order valence-corrected chi connectivity index (χ4v) is 2.31. The van der Waals surface area contributed by atoms with E-state index in [9.17, 15) is 0 Å². The average molecular weight is 234 g/mol. The molecule has 0 aliphatic carbocycles. The molecule has 0 spiro atoms. The molecule has 2 rings (SSSR count). The lowest BCUT2D eigenvalue weighted by Gasteiger charge is -2.30. The summed E-state index contributed by atoms with van der Waals surface area (Å²) in [6.45, 7) is 8.65. The minimum absolute atomic E-state index is 0.452. The molecule has 0 bridgehead atoms. The Kier molecular flexibility index (Phi) is 3.94. The van der Waals surface area contributed by atoms with Crippen LogP contribution in [0.3, 0.4) is 0 Å². The number of hydrogen-bond donors (Lipinski definition) is 1. The topological polar surface area (TPSA) is 41.1 Å². The van der Waals surface area contributed by atoms with Crippen molar-refractivity contribution in [1.29, 1.82) is 0 Å². The smallest absolute Gasteiger partial charge is 0.151 e. The highest BCUT2D eigenvalue weighted by Crippen LogP contribution is 2.17. The van der Waals surface area contributed by atoms with Gasteiger partial charge >= 0.3 is 0 Å². The van der Waals surface area contributed by atoms with Gasteiger partial charge in [0.2, 0.25) is 0 Å². The summed E-state index contributed by atoms with van der Waals surface area (Å²) in [5.41, 5.74) is 1.17. The van der Waals surface area contributed by atoms with Gasteiger partial charge < -0.3 is 10.2 Å². The second-order valence-electron chi connectivity index (χ2n) is 5.13. The van der Waals surface area contributed by atoms with E-state index in [1.165, 1.54) is 18.4 Å². The Balaban J connectivity index is 2.10. The molecule has 94 valence electrons.